The number of hydrogen-bond acceptors (Lipinski definition) is 3. The van der Waals surface area contributed by atoms with Gasteiger partial charge in [-0.2, -0.15) is 0 Å². The Hall–Kier alpha value is -2.07. The molecule has 0 bridgehead atoms. The minimum atomic E-state index is -0.942. The van der Waals surface area contributed by atoms with Gasteiger partial charge in [-0.3, -0.25) is 0 Å². The van der Waals surface area contributed by atoms with Crippen molar-refractivity contribution >= 4 is 29.9 Å². The van der Waals surface area contributed by atoms with Crippen LogP contribution in [0.5, 0.6) is 0 Å². The zero-order valence-corrected chi connectivity index (χ0v) is 10.9. The molecule has 1 aliphatic heterocycles. The first-order valence-corrected chi connectivity index (χ1v) is 5.81. The third kappa shape index (κ3) is 2.27. The van der Waals surface area contributed by atoms with Gasteiger partial charge in [0.2, 0.25) is 0 Å². The summed E-state index contributed by atoms with van der Waals surface area (Å²) in [6, 6.07) is 11.3. The van der Waals surface area contributed by atoms with Gasteiger partial charge in [-0.25, -0.2) is 9.78 Å². The molecule has 0 amide bonds. The number of hydrogen-bond donors (Lipinski definition) is 1. The van der Waals surface area contributed by atoms with Crippen LogP contribution in [0.3, 0.4) is 0 Å². The van der Waals surface area contributed by atoms with Crippen LogP contribution < -0.4 is 4.90 Å². The van der Waals surface area contributed by atoms with E-state index in [2.05, 4.69) is 11.1 Å². The number of carboxylic acids is 1. The summed E-state index contributed by atoms with van der Waals surface area (Å²) in [4.78, 5) is 17.4. The van der Waals surface area contributed by atoms with Crippen LogP contribution in [-0.4, -0.2) is 22.6 Å². The molecule has 1 aromatic heterocycles. The molecule has 2 aromatic rings. The number of fused-ring (bicyclic) bond motifs is 1. The van der Waals surface area contributed by atoms with E-state index in [9.17, 15) is 9.90 Å². The lowest BCUT2D eigenvalue weighted by Crippen LogP contribution is -2.18. The van der Waals surface area contributed by atoms with Gasteiger partial charge in [-0.15, -0.1) is 12.4 Å². The number of aromatic carboxylic acids is 1. The first kappa shape index (κ1) is 13.4. The topological polar surface area (TPSA) is 53.4 Å². The second-order valence-corrected chi connectivity index (χ2v) is 4.21. The highest BCUT2D eigenvalue weighted by atomic mass is 35.5. The van der Waals surface area contributed by atoms with Crippen molar-refractivity contribution < 1.29 is 9.90 Å². The van der Waals surface area contributed by atoms with E-state index in [4.69, 9.17) is 0 Å². The van der Waals surface area contributed by atoms with E-state index in [1.807, 2.05) is 23.1 Å². The summed E-state index contributed by atoms with van der Waals surface area (Å²) in [7, 11) is 0. The smallest absolute Gasteiger partial charge is 0.339 e. The van der Waals surface area contributed by atoms with E-state index in [1.54, 1.807) is 18.3 Å². The Morgan fingerprint density at radius 2 is 2.00 bits per heavy atom. The van der Waals surface area contributed by atoms with Crippen molar-refractivity contribution in [2.24, 2.45) is 0 Å². The van der Waals surface area contributed by atoms with Crippen molar-refractivity contribution in [2.45, 2.75) is 6.42 Å². The number of aromatic nitrogens is 1. The van der Waals surface area contributed by atoms with Crippen molar-refractivity contribution in [3.05, 3.63) is 53.7 Å². The maximum absolute atomic E-state index is 11.2. The Morgan fingerprint density at radius 1 is 1.21 bits per heavy atom. The first-order chi connectivity index (χ1) is 8.77. The predicted octanol–water partition coefficient (Wildman–Crippen LogP) is 2.90. The minimum Gasteiger partial charge on any atom is -0.478 e. The summed E-state index contributed by atoms with van der Waals surface area (Å²) in [6.45, 7) is 0.774. The predicted molar refractivity (Wildman–Crippen MR) is 75.6 cm³/mol. The highest BCUT2D eigenvalue weighted by Crippen LogP contribution is 2.34. The van der Waals surface area contributed by atoms with Crippen LogP contribution in [0.2, 0.25) is 0 Å². The molecule has 1 aliphatic rings. The fourth-order valence-electron chi connectivity index (χ4n) is 2.34. The lowest BCUT2D eigenvalue weighted by atomic mass is 10.2. The maximum Gasteiger partial charge on any atom is 0.339 e. The summed E-state index contributed by atoms with van der Waals surface area (Å²) >= 11 is 0. The molecule has 0 unspecified atom stereocenters. The monoisotopic (exact) mass is 276 g/mol. The van der Waals surface area contributed by atoms with Crippen LogP contribution in [0.1, 0.15) is 15.9 Å². The highest BCUT2D eigenvalue weighted by Gasteiger charge is 2.24. The van der Waals surface area contributed by atoms with Gasteiger partial charge in [0, 0.05) is 18.4 Å². The standard InChI is InChI=1S/C14H12N2O2.ClH/c17-14(18)11-5-3-8-15-13(11)16-9-7-10-4-1-2-6-12(10)16;/h1-6,8H,7,9H2,(H,17,18);1H. The van der Waals surface area contributed by atoms with E-state index in [0.717, 1.165) is 18.7 Å². The van der Waals surface area contributed by atoms with Crippen molar-refractivity contribution in [2.75, 3.05) is 11.4 Å². The quantitative estimate of drug-likeness (QED) is 0.916. The average molecular weight is 277 g/mol. The van der Waals surface area contributed by atoms with Crippen LogP contribution in [-0.2, 0) is 6.42 Å². The third-order valence-corrected chi connectivity index (χ3v) is 3.16. The molecule has 2 heterocycles. The zero-order valence-electron chi connectivity index (χ0n) is 10.1. The molecule has 1 aromatic carbocycles. The maximum atomic E-state index is 11.2. The summed E-state index contributed by atoms with van der Waals surface area (Å²) in [5.41, 5.74) is 2.53. The molecule has 0 spiro atoms. The van der Waals surface area contributed by atoms with Gasteiger partial charge in [0.15, 0.2) is 0 Å². The summed E-state index contributed by atoms with van der Waals surface area (Å²) in [5.74, 6) is -0.419. The molecule has 0 radical (unpaired) electrons. The van der Waals surface area contributed by atoms with Gasteiger partial charge in [-0.1, -0.05) is 18.2 Å². The number of anilines is 2. The van der Waals surface area contributed by atoms with Gasteiger partial charge in [0.05, 0.1) is 0 Å². The second-order valence-electron chi connectivity index (χ2n) is 4.21. The van der Waals surface area contributed by atoms with Crippen LogP contribution >= 0.6 is 12.4 Å². The largest absolute Gasteiger partial charge is 0.478 e. The molecule has 19 heavy (non-hydrogen) atoms. The molecule has 0 fully saturated rings. The molecule has 3 rings (SSSR count). The van der Waals surface area contributed by atoms with Gasteiger partial charge in [0.1, 0.15) is 11.4 Å². The fraction of sp³-hybridized carbons (Fsp3) is 0.143. The summed E-state index contributed by atoms with van der Waals surface area (Å²) in [5, 5.41) is 9.21. The molecule has 98 valence electrons. The molecule has 5 heteroatoms. The number of rotatable bonds is 2. The molecule has 4 nitrogen and oxygen atoms in total. The Labute approximate surface area is 117 Å². The molecule has 1 N–H and O–H groups in total. The first-order valence-electron chi connectivity index (χ1n) is 5.81. The van der Waals surface area contributed by atoms with Crippen LogP contribution in [0.25, 0.3) is 0 Å². The van der Waals surface area contributed by atoms with E-state index in [-0.39, 0.29) is 18.0 Å². The number of halogens is 1. The number of pyridine rings is 1. The number of para-hydroxylation sites is 1. The molecule has 0 aliphatic carbocycles. The molecular formula is C14H13ClN2O2. The fourth-order valence-corrected chi connectivity index (χ4v) is 2.34. The minimum absolute atomic E-state index is 0. The molecule has 0 atom stereocenters. The van der Waals surface area contributed by atoms with E-state index < -0.39 is 5.97 Å². The Morgan fingerprint density at radius 3 is 2.79 bits per heavy atom. The van der Waals surface area contributed by atoms with Crippen molar-refractivity contribution in [1.82, 2.24) is 4.98 Å². The summed E-state index contributed by atoms with van der Waals surface area (Å²) < 4.78 is 0. The number of benzene rings is 1. The van der Waals surface area contributed by atoms with E-state index in [1.165, 1.54) is 5.56 Å². The molecular weight excluding hydrogens is 264 g/mol. The second kappa shape index (κ2) is 5.28. The van der Waals surface area contributed by atoms with Crippen molar-refractivity contribution in [3.8, 4) is 0 Å². The van der Waals surface area contributed by atoms with Crippen molar-refractivity contribution in [3.63, 3.8) is 0 Å². The lowest BCUT2D eigenvalue weighted by Gasteiger charge is -2.19. The Balaban J connectivity index is 0.00000133. The summed E-state index contributed by atoms with van der Waals surface area (Å²) in [6.07, 6.45) is 2.55. The zero-order chi connectivity index (χ0) is 12.5. The van der Waals surface area contributed by atoms with Gasteiger partial charge in [-0.05, 0) is 30.2 Å². The van der Waals surface area contributed by atoms with Crippen LogP contribution in [0, 0.1) is 0 Å². The molecule has 0 saturated carbocycles. The van der Waals surface area contributed by atoms with Gasteiger partial charge < -0.3 is 10.0 Å². The van der Waals surface area contributed by atoms with E-state index in [0.29, 0.717) is 5.82 Å². The third-order valence-electron chi connectivity index (χ3n) is 3.16. The average Bonchev–Trinajstić information content (AvgIpc) is 2.82. The normalized spacial score (nSPS) is 12.7. The number of carboxylic acid groups (broad SMARTS) is 1. The highest BCUT2D eigenvalue weighted by molar-refractivity contribution is 5.94. The number of nitrogens with zero attached hydrogens (tertiary/aromatic N) is 2. The van der Waals surface area contributed by atoms with Crippen LogP contribution in [0.4, 0.5) is 11.5 Å². The molecule has 0 saturated heterocycles. The Bertz CT molecular complexity index is 616. The van der Waals surface area contributed by atoms with Crippen LogP contribution in [0.15, 0.2) is 42.6 Å². The van der Waals surface area contributed by atoms with E-state index >= 15 is 0 Å². The SMILES string of the molecule is Cl.O=C(O)c1cccnc1N1CCc2ccccc21. The number of carbonyl (C=O) groups is 1. The lowest BCUT2D eigenvalue weighted by molar-refractivity contribution is 0.0697. The van der Waals surface area contributed by atoms with Gasteiger partial charge >= 0.3 is 5.97 Å². The van der Waals surface area contributed by atoms with Gasteiger partial charge in [0.25, 0.3) is 0 Å². The Kier molecular flexibility index (Phi) is 3.71. The van der Waals surface area contributed by atoms with Crippen molar-refractivity contribution in [1.29, 1.82) is 0 Å².